The van der Waals surface area contributed by atoms with E-state index in [1.807, 2.05) is 13.0 Å². The zero-order valence-electron chi connectivity index (χ0n) is 19.1. The molecule has 5 heteroatoms. The maximum atomic E-state index is 11.2. The van der Waals surface area contributed by atoms with E-state index in [2.05, 4.69) is 17.7 Å². The van der Waals surface area contributed by atoms with Crippen LogP contribution in [0.5, 0.6) is 0 Å². The third-order valence-electron chi connectivity index (χ3n) is 6.32. The van der Waals surface area contributed by atoms with E-state index in [1.54, 1.807) is 7.11 Å². The Morgan fingerprint density at radius 1 is 1.14 bits per heavy atom. The molecule has 0 aromatic rings. The molecule has 1 unspecified atom stereocenters. The van der Waals surface area contributed by atoms with Gasteiger partial charge in [-0.25, -0.2) is 0 Å². The van der Waals surface area contributed by atoms with E-state index in [0.29, 0.717) is 18.9 Å². The second-order valence-corrected chi connectivity index (χ2v) is 8.96. The van der Waals surface area contributed by atoms with Crippen LogP contribution in [0.25, 0.3) is 0 Å². The SMILES string of the molecule is CCCCCC(C)(O)C=C[C@H]1[C@H](COC)C[C@H](O)[C@@H]1CCCCCCC(=O)OC. The van der Waals surface area contributed by atoms with Crippen molar-refractivity contribution in [2.75, 3.05) is 20.8 Å². The fourth-order valence-corrected chi connectivity index (χ4v) is 4.57. The normalized spacial score (nSPS) is 26.7. The molecule has 0 heterocycles. The van der Waals surface area contributed by atoms with E-state index in [-0.39, 0.29) is 23.9 Å². The Balaban J connectivity index is 2.58. The second-order valence-electron chi connectivity index (χ2n) is 8.96. The maximum Gasteiger partial charge on any atom is 0.305 e. The van der Waals surface area contributed by atoms with Crippen molar-refractivity contribution < 1.29 is 24.5 Å². The minimum Gasteiger partial charge on any atom is -0.469 e. The van der Waals surface area contributed by atoms with Gasteiger partial charge < -0.3 is 19.7 Å². The van der Waals surface area contributed by atoms with Crippen LogP contribution in [0.4, 0.5) is 0 Å². The number of carbonyl (C=O) groups excluding carboxylic acids is 1. The molecule has 29 heavy (non-hydrogen) atoms. The summed E-state index contributed by atoms with van der Waals surface area (Å²) < 4.78 is 10.1. The average molecular weight is 413 g/mol. The molecule has 1 rings (SSSR count). The third-order valence-corrected chi connectivity index (χ3v) is 6.32. The summed E-state index contributed by atoms with van der Waals surface area (Å²) in [5, 5.41) is 21.3. The largest absolute Gasteiger partial charge is 0.469 e. The molecule has 0 aromatic heterocycles. The first-order valence-corrected chi connectivity index (χ1v) is 11.5. The summed E-state index contributed by atoms with van der Waals surface area (Å²) in [4.78, 5) is 11.2. The number of methoxy groups -OCH3 is 2. The smallest absolute Gasteiger partial charge is 0.305 e. The quantitative estimate of drug-likeness (QED) is 0.233. The molecule has 1 fully saturated rings. The van der Waals surface area contributed by atoms with Gasteiger partial charge in [-0.2, -0.15) is 0 Å². The monoisotopic (exact) mass is 412 g/mol. The molecular formula is C24H44O5. The van der Waals surface area contributed by atoms with Gasteiger partial charge in [-0.05, 0) is 50.4 Å². The van der Waals surface area contributed by atoms with Gasteiger partial charge >= 0.3 is 5.97 Å². The number of allylic oxidation sites excluding steroid dienone is 1. The van der Waals surface area contributed by atoms with Gasteiger partial charge in [-0.1, -0.05) is 57.6 Å². The zero-order valence-corrected chi connectivity index (χ0v) is 19.1. The minimum atomic E-state index is -0.793. The van der Waals surface area contributed by atoms with Crippen molar-refractivity contribution in [3.05, 3.63) is 12.2 Å². The molecule has 0 spiro atoms. The van der Waals surface area contributed by atoms with E-state index in [9.17, 15) is 15.0 Å². The number of aliphatic hydroxyl groups excluding tert-OH is 1. The lowest BCUT2D eigenvalue weighted by molar-refractivity contribution is -0.140. The number of esters is 1. The van der Waals surface area contributed by atoms with E-state index < -0.39 is 5.60 Å². The predicted octanol–water partition coefficient (Wildman–Crippen LogP) is 4.65. The van der Waals surface area contributed by atoms with Crippen molar-refractivity contribution in [1.29, 1.82) is 0 Å². The second kappa shape index (κ2) is 14.2. The van der Waals surface area contributed by atoms with Crippen molar-refractivity contribution >= 4 is 5.97 Å². The predicted molar refractivity (Wildman–Crippen MR) is 117 cm³/mol. The molecule has 5 atom stereocenters. The van der Waals surface area contributed by atoms with Crippen LogP contribution in [-0.4, -0.2) is 48.7 Å². The first-order valence-electron chi connectivity index (χ1n) is 11.5. The van der Waals surface area contributed by atoms with Gasteiger partial charge in [-0.3, -0.25) is 4.79 Å². The molecule has 1 saturated carbocycles. The molecule has 2 N–H and O–H groups in total. The van der Waals surface area contributed by atoms with Gasteiger partial charge in [0, 0.05) is 20.1 Å². The number of unbranched alkanes of at least 4 members (excludes halogenated alkanes) is 5. The summed E-state index contributed by atoms with van der Waals surface area (Å²) in [6.45, 7) is 4.69. The topological polar surface area (TPSA) is 76.0 Å². The van der Waals surface area contributed by atoms with Gasteiger partial charge in [0.15, 0.2) is 0 Å². The van der Waals surface area contributed by atoms with Crippen LogP contribution in [0.1, 0.15) is 84.5 Å². The van der Waals surface area contributed by atoms with Crippen LogP contribution < -0.4 is 0 Å². The Hall–Kier alpha value is -0.910. The summed E-state index contributed by atoms with van der Waals surface area (Å²) in [7, 11) is 3.14. The van der Waals surface area contributed by atoms with E-state index in [1.165, 1.54) is 7.11 Å². The Morgan fingerprint density at radius 2 is 1.86 bits per heavy atom. The van der Waals surface area contributed by atoms with Crippen LogP contribution in [0.2, 0.25) is 0 Å². The zero-order chi connectivity index (χ0) is 21.7. The van der Waals surface area contributed by atoms with Gasteiger partial charge in [0.05, 0.1) is 18.8 Å². The molecule has 0 radical (unpaired) electrons. The summed E-state index contributed by atoms with van der Waals surface area (Å²) >= 11 is 0. The first-order chi connectivity index (χ1) is 13.8. The number of hydrogen-bond donors (Lipinski definition) is 2. The van der Waals surface area contributed by atoms with Crippen molar-refractivity contribution in [2.45, 2.75) is 96.2 Å². The molecule has 0 aromatic carbocycles. The first kappa shape index (κ1) is 26.1. The van der Waals surface area contributed by atoms with Crippen LogP contribution in [0, 0.1) is 17.8 Å². The molecule has 0 bridgehead atoms. The fraction of sp³-hybridized carbons (Fsp3) is 0.875. The molecule has 1 aliphatic rings. The summed E-state index contributed by atoms with van der Waals surface area (Å²) in [6.07, 6.45) is 14.0. The number of aliphatic hydroxyl groups is 2. The lowest BCUT2D eigenvalue weighted by Gasteiger charge is -2.25. The lowest BCUT2D eigenvalue weighted by atomic mass is 9.84. The van der Waals surface area contributed by atoms with Crippen LogP contribution in [0.3, 0.4) is 0 Å². The summed E-state index contributed by atoms with van der Waals surface area (Å²) in [5.41, 5.74) is -0.793. The molecule has 0 amide bonds. The van der Waals surface area contributed by atoms with Gasteiger partial charge in [0.2, 0.25) is 0 Å². The van der Waals surface area contributed by atoms with Gasteiger partial charge in [0.1, 0.15) is 0 Å². The van der Waals surface area contributed by atoms with Crippen molar-refractivity contribution in [3.63, 3.8) is 0 Å². The Bertz CT molecular complexity index is 474. The van der Waals surface area contributed by atoms with Crippen molar-refractivity contribution in [2.24, 2.45) is 17.8 Å². The van der Waals surface area contributed by atoms with E-state index in [4.69, 9.17) is 4.74 Å². The summed E-state index contributed by atoms with van der Waals surface area (Å²) in [5.74, 6) is 0.591. The molecular weight excluding hydrogens is 368 g/mol. The average Bonchev–Trinajstić information content (AvgIpc) is 2.97. The number of ether oxygens (including phenoxy) is 2. The molecule has 170 valence electrons. The lowest BCUT2D eigenvalue weighted by Crippen LogP contribution is -2.24. The van der Waals surface area contributed by atoms with E-state index >= 15 is 0 Å². The fourth-order valence-electron chi connectivity index (χ4n) is 4.57. The molecule has 1 aliphatic carbocycles. The van der Waals surface area contributed by atoms with Crippen LogP contribution >= 0.6 is 0 Å². The number of carbonyl (C=O) groups is 1. The molecule has 0 aliphatic heterocycles. The highest BCUT2D eigenvalue weighted by Crippen LogP contribution is 2.42. The van der Waals surface area contributed by atoms with Gasteiger partial charge in [-0.15, -0.1) is 0 Å². The summed E-state index contributed by atoms with van der Waals surface area (Å²) in [6, 6.07) is 0. The Kier molecular flexibility index (Phi) is 12.8. The maximum absolute atomic E-state index is 11.2. The van der Waals surface area contributed by atoms with Crippen LogP contribution in [0.15, 0.2) is 12.2 Å². The number of hydrogen-bond acceptors (Lipinski definition) is 5. The molecule has 5 nitrogen and oxygen atoms in total. The highest BCUT2D eigenvalue weighted by molar-refractivity contribution is 5.68. The Morgan fingerprint density at radius 3 is 2.52 bits per heavy atom. The minimum absolute atomic E-state index is 0.144. The third kappa shape index (κ3) is 10.1. The standard InChI is InChI=1S/C24H44O5/c1-5-6-11-15-24(2,27)16-14-20-19(18-28-3)17-22(25)21(20)12-9-7-8-10-13-23(26)29-4/h14,16,19-22,25,27H,5-13,15,17-18H2,1-4H3/t19-,20-,21+,22-,24?/m0/s1. The van der Waals surface area contributed by atoms with Crippen molar-refractivity contribution in [1.82, 2.24) is 0 Å². The van der Waals surface area contributed by atoms with Gasteiger partial charge in [0.25, 0.3) is 0 Å². The van der Waals surface area contributed by atoms with Crippen LogP contribution in [-0.2, 0) is 14.3 Å². The highest BCUT2D eigenvalue weighted by Gasteiger charge is 2.40. The van der Waals surface area contributed by atoms with Crippen molar-refractivity contribution in [3.8, 4) is 0 Å². The molecule has 0 saturated heterocycles. The number of rotatable bonds is 15. The van der Waals surface area contributed by atoms with E-state index in [0.717, 1.165) is 64.2 Å². The Labute approximate surface area is 177 Å². The highest BCUT2D eigenvalue weighted by atomic mass is 16.5.